The second-order valence-electron chi connectivity index (χ2n) is 7.56. The largest absolute Gasteiger partial charge is 0.355 e. The molecule has 0 amide bonds. The van der Waals surface area contributed by atoms with Crippen molar-refractivity contribution in [2.75, 3.05) is 33.7 Å². The average Bonchev–Trinajstić information content (AvgIpc) is 3.32. The van der Waals surface area contributed by atoms with E-state index in [-0.39, 0.29) is 24.0 Å². The summed E-state index contributed by atoms with van der Waals surface area (Å²) in [6.07, 6.45) is 5.27. The normalized spacial score (nSPS) is 18.2. The van der Waals surface area contributed by atoms with E-state index in [0.717, 1.165) is 38.6 Å². The molecule has 0 bridgehead atoms. The first-order chi connectivity index (χ1) is 13.1. The van der Waals surface area contributed by atoms with Crippen LogP contribution < -0.4 is 5.32 Å². The van der Waals surface area contributed by atoms with Crippen molar-refractivity contribution in [3.05, 3.63) is 53.9 Å². The lowest BCUT2D eigenvalue weighted by atomic mass is 10.0. The van der Waals surface area contributed by atoms with Crippen LogP contribution in [0, 0.1) is 0 Å². The van der Waals surface area contributed by atoms with Crippen LogP contribution >= 0.6 is 24.0 Å². The molecule has 2 atom stereocenters. The van der Waals surface area contributed by atoms with Gasteiger partial charge in [0.15, 0.2) is 5.96 Å². The molecular weight excluding hydrogens is 463 g/mol. The summed E-state index contributed by atoms with van der Waals surface area (Å²) in [6, 6.07) is 11.0. The molecule has 154 valence electrons. The van der Waals surface area contributed by atoms with Gasteiger partial charge in [0.05, 0.1) is 6.20 Å². The lowest BCUT2D eigenvalue weighted by Gasteiger charge is -2.28. The fraction of sp³-hybridized carbons (Fsp3) is 0.524. The van der Waals surface area contributed by atoms with Crippen LogP contribution in [0.1, 0.15) is 30.4 Å². The average molecular weight is 496 g/mol. The molecule has 1 aromatic heterocycles. The Balaban J connectivity index is 0.00000280. The van der Waals surface area contributed by atoms with Gasteiger partial charge in [-0.25, -0.2) is 0 Å². The number of likely N-dealkylation sites (tertiary alicyclic amines) is 1. The van der Waals surface area contributed by atoms with E-state index in [1.165, 1.54) is 11.1 Å². The molecule has 28 heavy (non-hydrogen) atoms. The van der Waals surface area contributed by atoms with E-state index >= 15 is 0 Å². The molecule has 0 aliphatic carbocycles. The number of benzene rings is 1. The molecule has 2 unspecified atom stereocenters. The Kier molecular flexibility index (Phi) is 8.75. The van der Waals surface area contributed by atoms with Crippen molar-refractivity contribution in [3.63, 3.8) is 0 Å². The van der Waals surface area contributed by atoms with Gasteiger partial charge in [0, 0.05) is 58.4 Å². The third-order valence-corrected chi connectivity index (χ3v) is 5.48. The Morgan fingerprint density at radius 1 is 1.36 bits per heavy atom. The smallest absolute Gasteiger partial charge is 0.193 e. The molecular formula is C21H33IN6. The zero-order chi connectivity index (χ0) is 19.2. The van der Waals surface area contributed by atoms with Crippen LogP contribution in [0.25, 0.3) is 0 Å². The minimum atomic E-state index is 0. The Hall–Kier alpha value is -1.61. The summed E-state index contributed by atoms with van der Waals surface area (Å²) in [4.78, 5) is 9.25. The summed E-state index contributed by atoms with van der Waals surface area (Å²) in [6.45, 7) is 6.12. The van der Waals surface area contributed by atoms with Crippen molar-refractivity contribution in [2.45, 2.75) is 31.8 Å². The van der Waals surface area contributed by atoms with Gasteiger partial charge in [-0.2, -0.15) is 5.10 Å². The number of likely N-dealkylation sites (N-methyl/N-ethyl adjacent to an activating group) is 1. The van der Waals surface area contributed by atoms with Gasteiger partial charge < -0.3 is 10.2 Å². The van der Waals surface area contributed by atoms with Gasteiger partial charge in [0.25, 0.3) is 0 Å². The number of hydrogen-bond donors (Lipinski definition) is 1. The van der Waals surface area contributed by atoms with E-state index in [9.17, 15) is 0 Å². The van der Waals surface area contributed by atoms with Gasteiger partial charge in [-0.05, 0) is 31.5 Å². The Bertz CT molecular complexity index is 744. The number of aromatic nitrogens is 2. The highest BCUT2D eigenvalue weighted by molar-refractivity contribution is 14.0. The van der Waals surface area contributed by atoms with Gasteiger partial charge >= 0.3 is 0 Å². The Labute approximate surface area is 186 Å². The molecule has 1 aliphatic heterocycles. The standard InChI is InChI=1S/C21H32N6.HI/c1-17(25(3)14-18-8-6-5-7-9-18)12-23-21(22-2)27-11-10-19(16-27)20-13-24-26(4)15-20;/h5-9,13,15,17,19H,10-12,14,16H2,1-4H3,(H,22,23);1H. The number of aliphatic imine (C=N–C) groups is 1. The third-order valence-electron chi connectivity index (χ3n) is 5.48. The van der Waals surface area contributed by atoms with Crippen LogP contribution in [0.4, 0.5) is 0 Å². The first-order valence-corrected chi connectivity index (χ1v) is 9.75. The molecule has 2 heterocycles. The summed E-state index contributed by atoms with van der Waals surface area (Å²) >= 11 is 0. The van der Waals surface area contributed by atoms with Gasteiger partial charge in [-0.3, -0.25) is 14.6 Å². The van der Waals surface area contributed by atoms with E-state index < -0.39 is 0 Å². The Morgan fingerprint density at radius 2 is 2.11 bits per heavy atom. The molecule has 2 aromatic rings. The fourth-order valence-electron chi connectivity index (χ4n) is 3.63. The monoisotopic (exact) mass is 496 g/mol. The maximum absolute atomic E-state index is 4.51. The van der Waals surface area contributed by atoms with Crippen molar-refractivity contribution in [2.24, 2.45) is 12.0 Å². The summed E-state index contributed by atoms with van der Waals surface area (Å²) < 4.78 is 1.88. The number of halogens is 1. The van der Waals surface area contributed by atoms with E-state index in [0.29, 0.717) is 12.0 Å². The second-order valence-corrected chi connectivity index (χ2v) is 7.56. The first kappa shape index (κ1) is 22.7. The number of nitrogens with zero attached hydrogens (tertiary/aromatic N) is 5. The van der Waals surface area contributed by atoms with Crippen molar-refractivity contribution in [1.82, 2.24) is 24.9 Å². The lowest BCUT2D eigenvalue weighted by molar-refractivity contribution is 0.248. The van der Waals surface area contributed by atoms with Crippen LogP contribution in [0.5, 0.6) is 0 Å². The van der Waals surface area contributed by atoms with Gasteiger partial charge in [0.2, 0.25) is 0 Å². The minimum Gasteiger partial charge on any atom is -0.355 e. The highest BCUT2D eigenvalue weighted by Gasteiger charge is 2.27. The zero-order valence-electron chi connectivity index (χ0n) is 17.4. The maximum atomic E-state index is 4.51. The molecule has 7 heteroatoms. The van der Waals surface area contributed by atoms with Crippen LogP contribution in [-0.2, 0) is 13.6 Å². The number of guanidine groups is 1. The topological polar surface area (TPSA) is 48.7 Å². The number of rotatable bonds is 6. The van der Waals surface area contributed by atoms with Crippen molar-refractivity contribution < 1.29 is 0 Å². The fourth-order valence-corrected chi connectivity index (χ4v) is 3.63. The van der Waals surface area contributed by atoms with Crippen molar-refractivity contribution >= 4 is 29.9 Å². The van der Waals surface area contributed by atoms with Gasteiger partial charge in [-0.15, -0.1) is 24.0 Å². The van der Waals surface area contributed by atoms with Gasteiger partial charge in [-0.1, -0.05) is 30.3 Å². The molecule has 1 fully saturated rings. The quantitative estimate of drug-likeness (QED) is 0.380. The highest BCUT2D eigenvalue weighted by Crippen LogP contribution is 2.26. The first-order valence-electron chi connectivity index (χ1n) is 9.75. The summed E-state index contributed by atoms with van der Waals surface area (Å²) in [5.74, 6) is 1.54. The predicted molar refractivity (Wildman–Crippen MR) is 126 cm³/mol. The molecule has 1 aromatic carbocycles. The Morgan fingerprint density at radius 3 is 2.75 bits per heavy atom. The van der Waals surface area contributed by atoms with Gasteiger partial charge in [0.1, 0.15) is 0 Å². The molecule has 6 nitrogen and oxygen atoms in total. The number of hydrogen-bond acceptors (Lipinski definition) is 3. The predicted octanol–water partition coefficient (Wildman–Crippen LogP) is 2.92. The van der Waals surface area contributed by atoms with E-state index in [2.05, 4.69) is 75.7 Å². The second kappa shape index (κ2) is 10.8. The van der Waals surface area contributed by atoms with Crippen molar-refractivity contribution in [3.8, 4) is 0 Å². The van der Waals surface area contributed by atoms with Crippen LogP contribution in [0.15, 0.2) is 47.7 Å². The molecule has 1 saturated heterocycles. The summed E-state index contributed by atoms with van der Waals surface area (Å²) in [7, 11) is 6.03. The molecule has 0 spiro atoms. The molecule has 0 radical (unpaired) electrons. The van der Waals surface area contributed by atoms with Crippen LogP contribution in [0.2, 0.25) is 0 Å². The maximum Gasteiger partial charge on any atom is 0.193 e. The lowest BCUT2D eigenvalue weighted by Crippen LogP contribution is -2.45. The summed E-state index contributed by atoms with van der Waals surface area (Å²) in [5, 5.41) is 7.88. The third kappa shape index (κ3) is 5.94. The van der Waals surface area contributed by atoms with Crippen LogP contribution in [0.3, 0.4) is 0 Å². The molecule has 3 rings (SSSR count). The molecule has 0 saturated carbocycles. The van der Waals surface area contributed by atoms with E-state index in [1.54, 1.807) is 0 Å². The van der Waals surface area contributed by atoms with E-state index in [1.807, 2.05) is 25.0 Å². The molecule has 1 aliphatic rings. The molecule has 1 N–H and O–H groups in total. The number of aryl methyl sites for hydroxylation is 1. The SMILES string of the molecule is CN=C(NCC(C)N(C)Cc1ccccc1)N1CCC(c2cnn(C)c2)C1.I. The zero-order valence-corrected chi connectivity index (χ0v) is 19.7. The highest BCUT2D eigenvalue weighted by atomic mass is 127. The summed E-state index contributed by atoms with van der Waals surface area (Å²) in [5.41, 5.74) is 2.67. The minimum absolute atomic E-state index is 0. The number of nitrogens with one attached hydrogen (secondary N) is 1. The van der Waals surface area contributed by atoms with Crippen LogP contribution in [-0.4, -0.2) is 65.3 Å². The van der Waals surface area contributed by atoms with E-state index in [4.69, 9.17) is 0 Å². The van der Waals surface area contributed by atoms with Crippen molar-refractivity contribution in [1.29, 1.82) is 0 Å².